The van der Waals surface area contributed by atoms with E-state index in [1.54, 1.807) is 13.0 Å². The molecule has 0 N–H and O–H groups in total. The molecule has 0 fully saturated rings. The lowest BCUT2D eigenvalue weighted by Gasteiger charge is -2.30. The summed E-state index contributed by atoms with van der Waals surface area (Å²) in [5, 5.41) is 0. The van der Waals surface area contributed by atoms with Gasteiger partial charge in [-0.1, -0.05) is 6.92 Å². The predicted molar refractivity (Wildman–Crippen MR) is 113 cm³/mol. The first-order valence-corrected chi connectivity index (χ1v) is 10.4. The number of nitrogens with zero attached hydrogens (tertiary/aromatic N) is 5. The highest BCUT2D eigenvalue weighted by Crippen LogP contribution is 2.27. The first-order chi connectivity index (χ1) is 14.9. The number of aromatic nitrogens is 2. The Morgan fingerprint density at radius 2 is 1.65 bits per heavy atom. The zero-order valence-corrected chi connectivity index (χ0v) is 17.9. The Balaban J connectivity index is 2.04. The molecule has 31 heavy (non-hydrogen) atoms. The van der Waals surface area contributed by atoms with Crippen LogP contribution in [0.5, 0.6) is 0 Å². The van der Waals surface area contributed by atoms with Gasteiger partial charge in [0.05, 0.1) is 5.69 Å². The van der Waals surface area contributed by atoms with Crippen molar-refractivity contribution in [1.29, 1.82) is 0 Å². The molecular weight excluding hydrogens is 404 g/mol. The molecule has 1 aliphatic heterocycles. The number of benzene rings is 1. The van der Waals surface area contributed by atoms with Crippen LogP contribution in [0.25, 0.3) is 0 Å². The fourth-order valence-electron chi connectivity index (χ4n) is 3.68. The van der Waals surface area contributed by atoms with Crippen LogP contribution in [0.3, 0.4) is 0 Å². The SMILES string of the molecule is CCC(=O)N1CCCN(C)CCCN(C(=O)c2ncccn2)Cc2cc(F)c(F)cc21. The molecule has 2 amide bonds. The molecule has 1 aromatic heterocycles. The van der Waals surface area contributed by atoms with Crippen LogP contribution >= 0.6 is 0 Å². The normalized spacial score (nSPS) is 16.3. The molecule has 3 rings (SSSR count). The van der Waals surface area contributed by atoms with Crippen LogP contribution in [-0.4, -0.2) is 64.8 Å². The van der Waals surface area contributed by atoms with Crippen LogP contribution in [0.1, 0.15) is 42.4 Å². The number of amides is 2. The first kappa shape index (κ1) is 22.7. The van der Waals surface area contributed by atoms with Crippen molar-refractivity contribution < 1.29 is 18.4 Å². The van der Waals surface area contributed by atoms with Gasteiger partial charge in [-0.3, -0.25) is 9.59 Å². The minimum absolute atomic E-state index is 0.0147. The van der Waals surface area contributed by atoms with Crippen molar-refractivity contribution in [2.75, 3.05) is 38.1 Å². The Bertz CT molecular complexity index is 926. The van der Waals surface area contributed by atoms with E-state index in [1.165, 1.54) is 22.2 Å². The molecule has 1 aromatic carbocycles. The molecule has 0 aliphatic carbocycles. The first-order valence-electron chi connectivity index (χ1n) is 10.4. The zero-order chi connectivity index (χ0) is 22.4. The van der Waals surface area contributed by atoms with Crippen molar-refractivity contribution in [3.8, 4) is 0 Å². The van der Waals surface area contributed by atoms with Gasteiger partial charge in [0.15, 0.2) is 11.6 Å². The van der Waals surface area contributed by atoms with Gasteiger partial charge in [-0.15, -0.1) is 0 Å². The number of halogens is 2. The number of anilines is 1. The van der Waals surface area contributed by atoms with E-state index in [1.807, 2.05) is 7.05 Å². The van der Waals surface area contributed by atoms with Crippen LogP contribution in [0.4, 0.5) is 14.5 Å². The maximum absolute atomic E-state index is 14.2. The van der Waals surface area contributed by atoms with E-state index in [-0.39, 0.29) is 24.7 Å². The van der Waals surface area contributed by atoms with Crippen molar-refractivity contribution in [3.05, 3.63) is 53.6 Å². The van der Waals surface area contributed by atoms with Crippen molar-refractivity contribution in [2.45, 2.75) is 32.7 Å². The number of hydrogen-bond donors (Lipinski definition) is 0. The van der Waals surface area contributed by atoms with Crippen molar-refractivity contribution in [2.24, 2.45) is 0 Å². The number of carbonyl (C=O) groups excluding carboxylic acids is 2. The molecule has 0 saturated heterocycles. The van der Waals surface area contributed by atoms with Gasteiger partial charge in [0.2, 0.25) is 11.7 Å². The average Bonchev–Trinajstić information content (AvgIpc) is 2.77. The second-order valence-corrected chi connectivity index (χ2v) is 7.60. The lowest BCUT2D eigenvalue weighted by atomic mass is 10.1. The standard InChI is InChI=1S/C22H27F2N5O2/c1-3-20(30)29-12-6-10-27(2)9-5-11-28(22(31)21-25-7-4-8-26-21)15-16-13-17(23)18(24)14-19(16)29/h4,7-8,13-14H,3,5-6,9-12,15H2,1-2H3. The third-order valence-corrected chi connectivity index (χ3v) is 5.31. The zero-order valence-electron chi connectivity index (χ0n) is 17.9. The van der Waals surface area contributed by atoms with Gasteiger partial charge in [0.25, 0.3) is 5.91 Å². The maximum atomic E-state index is 14.2. The smallest absolute Gasteiger partial charge is 0.291 e. The third kappa shape index (κ3) is 5.61. The number of carbonyl (C=O) groups is 2. The molecule has 0 atom stereocenters. The quantitative estimate of drug-likeness (QED) is 0.731. The minimum Gasteiger partial charge on any atom is -0.331 e. The van der Waals surface area contributed by atoms with Gasteiger partial charge >= 0.3 is 0 Å². The highest BCUT2D eigenvalue weighted by molar-refractivity contribution is 5.94. The van der Waals surface area contributed by atoms with Crippen molar-refractivity contribution >= 4 is 17.5 Å². The predicted octanol–water partition coefficient (Wildman–Crippen LogP) is 2.87. The van der Waals surface area contributed by atoms with E-state index in [0.29, 0.717) is 37.2 Å². The van der Waals surface area contributed by atoms with Crippen LogP contribution in [0, 0.1) is 11.6 Å². The van der Waals surface area contributed by atoms with E-state index in [2.05, 4.69) is 14.9 Å². The van der Waals surface area contributed by atoms with E-state index in [0.717, 1.165) is 25.2 Å². The summed E-state index contributed by atoms with van der Waals surface area (Å²) in [5.74, 6) is -2.59. The summed E-state index contributed by atoms with van der Waals surface area (Å²) < 4.78 is 28.3. The maximum Gasteiger partial charge on any atom is 0.291 e. The molecule has 0 bridgehead atoms. The summed E-state index contributed by atoms with van der Waals surface area (Å²) >= 11 is 0. The molecule has 0 spiro atoms. The number of fused-ring (bicyclic) bond motifs is 1. The Morgan fingerprint density at radius 1 is 1.00 bits per heavy atom. The molecule has 2 heterocycles. The van der Waals surface area contributed by atoms with Crippen LogP contribution in [0.2, 0.25) is 0 Å². The minimum atomic E-state index is -1.03. The topological polar surface area (TPSA) is 69.6 Å². The Kier molecular flexibility index (Phi) is 7.62. The molecule has 7 nitrogen and oxygen atoms in total. The molecule has 2 aromatic rings. The van der Waals surface area contributed by atoms with Crippen molar-refractivity contribution in [3.63, 3.8) is 0 Å². The van der Waals surface area contributed by atoms with E-state index >= 15 is 0 Å². The van der Waals surface area contributed by atoms with Gasteiger partial charge in [0.1, 0.15) is 0 Å². The fraction of sp³-hybridized carbons (Fsp3) is 0.455. The molecule has 166 valence electrons. The molecule has 1 aliphatic rings. The summed E-state index contributed by atoms with van der Waals surface area (Å²) in [4.78, 5) is 38.9. The van der Waals surface area contributed by atoms with E-state index in [9.17, 15) is 18.4 Å². The fourth-order valence-corrected chi connectivity index (χ4v) is 3.68. The van der Waals surface area contributed by atoms with Crippen LogP contribution in [0.15, 0.2) is 30.6 Å². The summed E-state index contributed by atoms with van der Waals surface area (Å²) in [7, 11) is 1.98. The second-order valence-electron chi connectivity index (χ2n) is 7.60. The van der Waals surface area contributed by atoms with Crippen LogP contribution < -0.4 is 4.90 Å². The van der Waals surface area contributed by atoms with Crippen molar-refractivity contribution in [1.82, 2.24) is 19.8 Å². The highest BCUT2D eigenvalue weighted by Gasteiger charge is 2.25. The Morgan fingerprint density at radius 3 is 2.32 bits per heavy atom. The summed E-state index contributed by atoms with van der Waals surface area (Å²) in [6.45, 7) is 4.01. The lowest BCUT2D eigenvalue weighted by Crippen LogP contribution is -2.38. The highest BCUT2D eigenvalue weighted by atomic mass is 19.2. The second kappa shape index (κ2) is 10.4. The molecular formula is C22H27F2N5O2. The monoisotopic (exact) mass is 431 g/mol. The van der Waals surface area contributed by atoms with Gasteiger partial charge in [0, 0.05) is 44.5 Å². The van der Waals surface area contributed by atoms with Gasteiger partial charge in [-0.05, 0) is 50.7 Å². The molecule has 0 unspecified atom stereocenters. The summed E-state index contributed by atoms with van der Waals surface area (Å²) in [6.07, 6.45) is 4.59. The average molecular weight is 431 g/mol. The Labute approximate surface area is 180 Å². The Hall–Kier alpha value is -2.94. The van der Waals surface area contributed by atoms with Gasteiger partial charge < -0.3 is 14.7 Å². The molecule has 0 radical (unpaired) electrons. The summed E-state index contributed by atoms with van der Waals surface area (Å²) in [5.41, 5.74) is 0.666. The number of hydrogen-bond acceptors (Lipinski definition) is 5. The van der Waals surface area contributed by atoms with Gasteiger partial charge in [-0.2, -0.15) is 0 Å². The number of rotatable bonds is 2. The molecule has 0 saturated carbocycles. The van der Waals surface area contributed by atoms with E-state index < -0.39 is 17.5 Å². The largest absolute Gasteiger partial charge is 0.331 e. The van der Waals surface area contributed by atoms with E-state index in [4.69, 9.17) is 0 Å². The lowest BCUT2D eigenvalue weighted by molar-refractivity contribution is -0.118. The van der Waals surface area contributed by atoms with Gasteiger partial charge in [-0.25, -0.2) is 18.7 Å². The summed E-state index contributed by atoms with van der Waals surface area (Å²) in [6, 6.07) is 3.74. The third-order valence-electron chi connectivity index (χ3n) is 5.31. The van der Waals surface area contributed by atoms with Crippen LogP contribution in [-0.2, 0) is 11.3 Å². The molecule has 9 heteroatoms.